The zero-order valence-corrected chi connectivity index (χ0v) is 17.8. The number of hydrogen-bond donors (Lipinski definition) is 1. The molecule has 1 N–H and O–H groups in total. The molecule has 0 aliphatic carbocycles. The number of carbonyl (C=O) groups is 2. The van der Waals surface area contributed by atoms with Gasteiger partial charge in [0.25, 0.3) is 0 Å². The molecule has 1 fully saturated rings. The first-order valence-electron chi connectivity index (χ1n) is 9.83. The Morgan fingerprint density at radius 3 is 2.29 bits per heavy atom. The third-order valence-corrected chi connectivity index (χ3v) is 4.59. The van der Waals surface area contributed by atoms with Crippen LogP contribution in [0.4, 0.5) is 10.5 Å². The second-order valence-electron chi connectivity index (χ2n) is 8.09. The fourth-order valence-electron chi connectivity index (χ4n) is 3.43. The largest absolute Gasteiger partial charge is 0.493 e. The molecule has 156 valence electrons. The van der Waals surface area contributed by atoms with Gasteiger partial charge in [-0.25, -0.2) is 4.79 Å². The number of amides is 3. The van der Waals surface area contributed by atoms with Crippen molar-refractivity contribution in [2.24, 2.45) is 11.8 Å². The third kappa shape index (κ3) is 5.53. The van der Waals surface area contributed by atoms with Crippen LogP contribution in [0.2, 0.25) is 0 Å². The summed E-state index contributed by atoms with van der Waals surface area (Å²) < 4.78 is 10.6. The van der Waals surface area contributed by atoms with Crippen molar-refractivity contribution in [3.8, 4) is 11.5 Å². The van der Waals surface area contributed by atoms with Crippen LogP contribution in [0.3, 0.4) is 0 Å². The van der Waals surface area contributed by atoms with Crippen LogP contribution in [-0.2, 0) is 4.79 Å². The molecule has 1 aromatic carbocycles. The standard InChI is InChI=1S/C21H33N3O4/c1-14(2)11-23(12-15(3)4)21(26)22-16-9-20(25)24(13-16)17-7-8-18(27-5)19(10-17)28-6/h7-8,10,14-16H,9,11-13H2,1-6H3,(H,22,26). The van der Waals surface area contributed by atoms with Gasteiger partial charge in [0.05, 0.1) is 20.3 Å². The molecule has 0 radical (unpaired) electrons. The predicted octanol–water partition coefficient (Wildman–Crippen LogP) is 3.13. The molecule has 1 aliphatic heterocycles. The van der Waals surface area contributed by atoms with Gasteiger partial charge >= 0.3 is 6.03 Å². The maximum absolute atomic E-state index is 12.8. The van der Waals surface area contributed by atoms with E-state index in [1.54, 1.807) is 31.3 Å². The van der Waals surface area contributed by atoms with Crippen molar-refractivity contribution in [3.05, 3.63) is 18.2 Å². The Bertz CT molecular complexity index is 680. The lowest BCUT2D eigenvalue weighted by atomic mass is 10.1. The lowest BCUT2D eigenvalue weighted by Gasteiger charge is -2.28. The first-order valence-corrected chi connectivity index (χ1v) is 9.83. The number of ether oxygens (including phenoxy) is 2. The van der Waals surface area contributed by atoms with E-state index in [1.165, 1.54) is 0 Å². The van der Waals surface area contributed by atoms with Gasteiger partial charge in [0.1, 0.15) is 0 Å². The molecule has 1 unspecified atom stereocenters. The molecule has 1 aromatic rings. The predicted molar refractivity (Wildman–Crippen MR) is 110 cm³/mol. The highest BCUT2D eigenvalue weighted by Crippen LogP contribution is 2.33. The monoisotopic (exact) mass is 391 g/mol. The highest BCUT2D eigenvalue weighted by molar-refractivity contribution is 5.97. The number of rotatable bonds is 8. The second kappa shape index (κ2) is 9.66. The molecule has 1 saturated heterocycles. The van der Waals surface area contributed by atoms with Crippen LogP contribution in [-0.4, -0.2) is 56.7 Å². The molecular formula is C21H33N3O4. The van der Waals surface area contributed by atoms with E-state index in [2.05, 4.69) is 33.0 Å². The molecule has 7 nitrogen and oxygen atoms in total. The Morgan fingerprint density at radius 1 is 1.14 bits per heavy atom. The number of nitrogens with zero attached hydrogens (tertiary/aromatic N) is 2. The average molecular weight is 392 g/mol. The molecule has 0 bridgehead atoms. The number of nitrogens with one attached hydrogen (secondary N) is 1. The van der Waals surface area contributed by atoms with Gasteiger partial charge in [-0.15, -0.1) is 0 Å². The normalized spacial score (nSPS) is 16.6. The van der Waals surface area contributed by atoms with Gasteiger partial charge in [0, 0.05) is 37.8 Å². The summed E-state index contributed by atoms with van der Waals surface area (Å²) in [5.41, 5.74) is 0.737. The zero-order valence-electron chi connectivity index (χ0n) is 17.8. The maximum Gasteiger partial charge on any atom is 0.317 e. The van der Waals surface area contributed by atoms with Gasteiger partial charge in [-0.1, -0.05) is 27.7 Å². The Labute approximate surface area is 168 Å². The zero-order chi connectivity index (χ0) is 20.8. The SMILES string of the molecule is COc1ccc(N2CC(NC(=O)N(CC(C)C)CC(C)C)CC2=O)cc1OC. The fraction of sp³-hybridized carbons (Fsp3) is 0.619. The number of benzene rings is 1. The van der Waals surface area contributed by atoms with E-state index in [0.29, 0.717) is 43.0 Å². The van der Waals surface area contributed by atoms with Crippen molar-refractivity contribution in [2.75, 3.05) is 38.8 Å². The first-order chi connectivity index (χ1) is 13.2. The van der Waals surface area contributed by atoms with Gasteiger partial charge in [0.2, 0.25) is 5.91 Å². The summed E-state index contributed by atoms with van der Waals surface area (Å²) >= 11 is 0. The number of anilines is 1. The molecule has 0 saturated carbocycles. The lowest BCUT2D eigenvalue weighted by Crippen LogP contribution is -2.48. The van der Waals surface area contributed by atoms with E-state index in [9.17, 15) is 9.59 Å². The van der Waals surface area contributed by atoms with Gasteiger partial charge in [-0.05, 0) is 24.0 Å². The van der Waals surface area contributed by atoms with Crippen molar-refractivity contribution in [1.29, 1.82) is 0 Å². The third-order valence-electron chi connectivity index (χ3n) is 4.59. The summed E-state index contributed by atoms with van der Waals surface area (Å²) in [5.74, 6) is 1.94. The molecular weight excluding hydrogens is 358 g/mol. The second-order valence-corrected chi connectivity index (χ2v) is 8.09. The Hall–Kier alpha value is -2.44. The molecule has 0 aromatic heterocycles. The maximum atomic E-state index is 12.8. The van der Waals surface area contributed by atoms with Crippen LogP contribution in [0, 0.1) is 11.8 Å². The topological polar surface area (TPSA) is 71.1 Å². The highest BCUT2D eigenvalue weighted by atomic mass is 16.5. The summed E-state index contributed by atoms with van der Waals surface area (Å²) in [6.07, 6.45) is 0.289. The van der Waals surface area contributed by atoms with Crippen molar-refractivity contribution < 1.29 is 19.1 Å². The fourth-order valence-corrected chi connectivity index (χ4v) is 3.43. The quantitative estimate of drug-likeness (QED) is 0.739. The molecule has 0 spiro atoms. The van der Waals surface area contributed by atoms with Crippen molar-refractivity contribution in [3.63, 3.8) is 0 Å². The number of carbonyl (C=O) groups excluding carboxylic acids is 2. The van der Waals surface area contributed by atoms with E-state index in [4.69, 9.17) is 9.47 Å². The average Bonchev–Trinajstić information content (AvgIpc) is 2.99. The summed E-state index contributed by atoms with van der Waals surface area (Å²) in [7, 11) is 3.14. The smallest absolute Gasteiger partial charge is 0.317 e. The van der Waals surface area contributed by atoms with Crippen molar-refractivity contribution in [2.45, 2.75) is 40.2 Å². The van der Waals surface area contributed by atoms with Crippen LogP contribution in [0.15, 0.2) is 18.2 Å². The van der Waals surface area contributed by atoms with Gasteiger partial charge < -0.3 is 24.6 Å². The molecule has 1 heterocycles. The van der Waals surface area contributed by atoms with Gasteiger partial charge in [-0.2, -0.15) is 0 Å². The Balaban J connectivity index is 2.06. The van der Waals surface area contributed by atoms with Crippen LogP contribution in [0.25, 0.3) is 0 Å². The van der Waals surface area contributed by atoms with E-state index in [1.807, 2.05) is 11.0 Å². The molecule has 3 amide bonds. The molecule has 1 atom stereocenters. The Morgan fingerprint density at radius 2 is 1.75 bits per heavy atom. The van der Waals surface area contributed by atoms with Crippen LogP contribution in [0.5, 0.6) is 11.5 Å². The highest BCUT2D eigenvalue weighted by Gasteiger charge is 2.33. The lowest BCUT2D eigenvalue weighted by molar-refractivity contribution is -0.117. The molecule has 7 heteroatoms. The number of hydrogen-bond acceptors (Lipinski definition) is 4. The number of methoxy groups -OCH3 is 2. The minimum absolute atomic E-state index is 0.0169. The summed E-state index contributed by atoms with van der Waals surface area (Å²) in [5, 5.41) is 3.04. The molecule has 2 rings (SSSR count). The van der Waals surface area contributed by atoms with Crippen LogP contribution in [0.1, 0.15) is 34.1 Å². The minimum atomic E-state index is -0.213. The van der Waals surface area contributed by atoms with Gasteiger partial charge in [0.15, 0.2) is 11.5 Å². The van der Waals surface area contributed by atoms with E-state index in [-0.39, 0.29) is 24.4 Å². The van der Waals surface area contributed by atoms with Crippen molar-refractivity contribution >= 4 is 17.6 Å². The van der Waals surface area contributed by atoms with Crippen LogP contribution >= 0.6 is 0 Å². The van der Waals surface area contributed by atoms with Gasteiger partial charge in [-0.3, -0.25) is 4.79 Å². The summed E-state index contributed by atoms with van der Waals surface area (Å²) in [6, 6.07) is 5.07. The van der Waals surface area contributed by atoms with E-state index in [0.717, 1.165) is 5.69 Å². The molecule has 28 heavy (non-hydrogen) atoms. The first kappa shape index (κ1) is 21.9. The van der Waals surface area contributed by atoms with E-state index >= 15 is 0 Å². The summed E-state index contributed by atoms with van der Waals surface area (Å²) in [6.45, 7) is 10.2. The van der Waals surface area contributed by atoms with Crippen LogP contribution < -0.4 is 19.7 Å². The van der Waals surface area contributed by atoms with E-state index < -0.39 is 0 Å². The van der Waals surface area contributed by atoms with Crippen molar-refractivity contribution in [1.82, 2.24) is 10.2 Å². The minimum Gasteiger partial charge on any atom is -0.493 e. The summed E-state index contributed by atoms with van der Waals surface area (Å²) in [4.78, 5) is 28.8. The molecule has 1 aliphatic rings. The Kier molecular flexibility index (Phi) is 7.54. The number of urea groups is 1.